The lowest BCUT2D eigenvalue weighted by Crippen LogP contribution is -2.20. The first-order chi connectivity index (χ1) is 7.91. The molecule has 0 amide bonds. The molecule has 0 fully saturated rings. The Morgan fingerprint density at radius 3 is 2.47 bits per heavy atom. The molecule has 0 aromatic heterocycles. The number of hydrogen-bond acceptors (Lipinski definition) is 2. The predicted octanol–water partition coefficient (Wildman–Crippen LogP) is 2.20. The molecule has 1 rings (SSSR count). The Labute approximate surface area is 102 Å². The molecule has 0 aliphatic rings. The van der Waals surface area contributed by atoms with E-state index in [2.05, 4.69) is 0 Å². The lowest BCUT2D eigenvalue weighted by Gasteiger charge is -2.11. The van der Waals surface area contributed by atoms with E-state index in [1.54, 1.807) is 0 Å². The number of hydrogen-bond donors (Lipinski definition) is 2. The fourth-order valence-corrected chi connectivity index (χ4v) is 1.67. The summed E-state index contributed by atoms with van der Waals surface area (Å²) >= 11 is 5.73. The van der Waals surface area contributed by atoms with Crippen molar-refractivity contribution < 1.29 is 24.2 Å². The molecule has 1 aromatic rings. The van der Waals surface area contributed by atoms with Crippen LogP contribution < -0.4 is 0 Å². The van der Waals surface area contributed by atoms with Crippen LogP contribution in [0.4, 0.5) is 4.39 Å². The van der Waals surface area contributed by atoms with Gasteiger partial charge in [0.15, 0.2) is 0 Å². The molecule has 1 atom stereocenters. The van der Waals surface area contributed by atoms with Crippen molar-refractivity contribution in [2.45, 2.75) is 12.8 Å². The highest BCUT2D eigenvalue weighted by molar-refractivity contribution is 6.31. The third-order valence-electron chi connectivity index (χ3n) is 2.28. The van der Waals surface area contributed by atoms with Crippen molar-refractivity contribution in [1.82, 2.24) is 0 Å². The van der Waals surface area contributed by atoms with Crippen LogP contribution in [0.2, 0.25) is 5.02 Å². The maximum atomic E-state index is 13.4. The zero-order valence-electron chi connectivity index (χ0n) is 8.69. The number of halogens is 2. The van der Waals surface area contributed by atoms with E-state index in [9.17, 15) is 14.0 Å². The van der Waals surface area contributed by atoms with Crippen LogP contribution in [0.3, 0.4) is 0 Å². The summed E-state index contributed by atoms with van der Waals surface area (Å²) in [4.78, 5) is 21.3. The van der Waals surface area contributed by atoms with Gasteiger partial charge in [-0.3, -0.25) is 9.59 Å². The minimum Gasteiger partial charge on any atom is -0.481 e. The highest BCUT2D eigenvalue weighted by Crippen LogP contribution is 2.23. The second-order valence-electron chi connectivity index (χ2n) is 3.54. The lowest BCUT2D eigenvalue weighted by molar-refractivity contribution is -0.148. The van der Waals surface area contributed by atoms with Gasteiger partial charge < -0.3 is 10.2 Å². The van der Waals surface area contributed by atoms with Gasteiger partial charge in [-0.25, -0.2) is 4.39 Å². The SMILES string of the molecule is O=C(O)CC(Cc1c(F)cccc1Cl)C(=O)O. The van der Waals surface area contributed by atoms with Gasteiger partial charge in [-0.1, -0.05) is 17.7 Å². The molecule has 4 nitrogen and oxygen atoms in total. The average Bonchev–Trinajstić information content (AvgIpc) is 2.21. The molecular formula is C11H10ClFO4. The van der Waals surface area contributed by atoms with Gasteiger partial charge in [0.25, 0.3) is 0 Å². The van der Waals surface area contributed by atoms with Gasteiger partial charge in [0, 0.05) is 10.6 Å². The molecule has 0 aliphatic heterocycles. The van der Waals surface area contributed by atoms with Crippen LogP contribution in [0.15, 0.2) is 18.2 Å². The minimum absolute atomic E-state index is 0.0304. The van der Waals surface area contributed by atoms with Crippen LogP contribution in [0.25, 0.3) is 0 Å². The molecule has 1 aromatic carbocycles. The summed E-state index contributed by atoms with van der Waals surface area (Å²) < 4.78 is 13.4. The van der Waals surface area contributed by atoms with E-state index in [0.29, 0.717) is 0 Å². The third kappa shape index (κ3) is 3.71. The van der Waals surface area contributed by atoms with Crippen LogP contribution in [-0.4, -0.2) is 22.2 Å². The van der Waals surface area contributed by atoms with E-state index in [1.807, 2.05) is 0 Å². The van der Waals surface area contributed by atoms with Crippen LogP contribution in [-0.2, 0) is 16.0 Å². The molecule has 6 heteroatoms. The summed E-state index contributed by atoms with van der Waals surface area (Å²) in [6.45, 7) is 0. The molecule has 0 heterocycles. The molecular weight excluding hydrogens is 251 g/mol. The first-order valence-electron chi connectivity index (χ1n) is 4.79. The Balaban J connectivity index is 2.93. The summed E-state index contributed by atoms with van der Waals surface area (Å²) in [5.74, 6) is -4.35. The first-order valence-corrected chi connectivity index (χ1v) is 5.17. The van der Waals surface area contributed by atoms with E-state index in [4.69, 9.17) is 21.8 Å². The van der Waals surface area contributed by atoms with Crippen LogP contribution in [0.5, 0.6) is 0 Å². The highest BCUT2D eigenvalue weighted by Gasteiger charge is 2.23. The molecule has 0 aliphatic carbocycles. The first kappa shape index (κ1) is 13.4. The van der Waals surface area contributed by atoms with Gasteiger partial charge in [0.2, 0.25) is 0 Å². The second kappa shape index (κ2) is 5.63. The van der Waals surface area contributed by atoms with Crippen molar-refractivity contribution in [1.29, 1.82) is 0 Å². The van der Waals surface area contributed by atoms with Gasteiger partial charge in [-0.15, -0.1) is 0 Å². The van der Waals surface area contributed by atoms with Crippen LogP contribution >= 0.6 is 11.6 Å². The fourth-order valence-electron chi connectivity index (χ4n) is 1.43. The maximum absolute atomic E-state index is 13.4. The monoisotopic (exact) mass is 260 g/mol. The summed E-state index contributed by atoms with van der Waals surface area (Å²) in [5.41, 5.74) is 0.0304. The largest absolute Gasteiger partial charge is 0.481 e. The van der Waals surface area contributed by atoms with Gasteiger partial charge in [0.05, 0.1) is 12.3 Å². The Bertz CT molecular complexity index is 427. The van der Waals surface area contributed by atoms with Crippen LogP contribution in [0.1, 0.15) is 12.0 Å². The highest BCUT2D eigenvalue weighted by atomic mass is 35.5. The summed E-state index contributed by atoms with van der Waals surface area (Å²) in [5, 5.41) is 17.5. The smallest absolute Gasteiger partial charge is 0.307 e. The van der Waals surface area contributed by atoms with E-state index in [-0.39, 0.29) is 17.0 Å². The molecule has 0 spiro atoms. The predicted molar refractivity (Wildman–Crippen MR) is 58.5 cm³/mol. The Kier molecular flexibility index (Phi) is 4.45. The Hall–Kier alpha value is -1.62. The van der Waals surface area contributed by atoms with E-state index in [1.165, 1.54) is 12.1 Å². The molecule has 2 N–H and O–H groups in total. The maximum Gasteiger partial charge on any atom is 0.307 e. The Morgan fingerprint density at radius 1 is 1.35 bits per heavy atom. The molecule has 17 heavy (non-hydrogen) atoms. The number of carboxylic acids is 2. The minimum atomic E-state index is -1.29. The van der Waals surface area contributed by atoms with Crippen molar-refractivity contribution in [3.05, 3.63) is 34.6 Å². The van der Waals surface area contributed by atoms with Gasteiger partial charge in [-0.2, -0.15) is 0 Å². The number of aliphatic carboxylic acids is 2. The van der Waals surface area contributed by atoms with Gasteiger partial charge in [0.1, 0.15) is 5.82 Å². The quantitative estimate of drug-likeness (QED) is 0.851. The molecule has 0 saturated carbocycles. The van der Waals surface area contributed by atoms with E-state index >= 15 is 0 Å². The standard InChI is InChI=1S/C11H10ClFO4/c12-8-2-1-3-9(13)7(8)4-6(11(16)17)5-10(14)15/h1-3,6H,4-5H2,(H,14,15)(H,16,17). The Morgan fingerprint density at radius 2 is 2.00 bits per heavy atom. The molecule has 0 radical (unpaired) electrons. The molecule has 0 bridgehead atoms. The van der Waals surface area contributed by atoms with E-state index in [0.717, 1.165) is 6.07 Å². The number of rotatable bonds is 5. The number of benzene rings is 1. The van der Waals surface area contributed by atoms with E-state index < -0.39 is 30.1 Å². The topological polar surface area (TPSA) is 74.6 Å². The zero-order chi connectivity index (χ0) is 13.0. The zero-order valence-corrected chi connectivity index (χ0v) is 9.45. The normalized spacial score (nSPS) is 12.1. The lowest BCUT2D eigenvalue weighted by atomic mass is 9.96. The van der Waals surface area contributed by atoms with Crippen LogP contribution in [0, 0.1) is 11.7 Å². The summed E-state index contributed by atoms with van der Waals surface area (Å²) in [7, 11) is 0. The number of carbonyl (C=O) groups is 2. The van der Waals surface area contributed by atoms with Crippen molar-refractivity contribution in [3.63, 3.8) is 0 Å². The fraction of sp³-hybridized carbons (Fsp3) is 0.273. The van der Waals surface area contributed by atoms with Crippen molar-refractivity contribution >= 4 is 23.5 Å². The van der Waals surface area contributed by atoms with Gasteiger partial charge >= 0.3 is 11.9 Å². The summed E-state index contributed by atoms with van der Waals surface area (Å²) in [6.07, 6.45) is -0.812. The van der Waals surface area contributed by atoms with Crippen molar-refractivity contribution in [2.24, 2.45) is 5.92 Å². The molecule has 92 valence electrons. The second-order valence-corrected chi connectivity index (χ2v) is 3.94. The molecule has 0 saturated heterocycles. The van der Waals surface area contributed by atoms with Gasteiger partial charge in [-0.05, 0) is 18.6 Å². The average molecular weight is 261 g/mol. The third-order valence-corrected chi connectivity index (χ3v) is 2.64. The number of carboxylic acid groups (broad SMARTS) is 2. The summed E-state index contributed by atoms with van der Waals surface area (Å²) in [6, 6.07) is 3.98. The molecule has 1 unspecified atom stereocenters. The van der Waals surface area contributed by atoms with Crippen molar-refractivity contribution in [3.8, 4) is 0 Å². The van der Waals surface area contributed by atoms with Crippen molar-refractivity contribution in [2.75, 3.05) is 0 Å².